The summed E-state index contributed by atoms with van der Waals surface area (Å²) in [5.41, 5.74) is 5.22. The molecule has 3 aromatic rings. The smallest absolute Gasteiger partial charge is 0.873 e. The number of hydrogen-bond donors (Lipinski definition) is 0. The Hall–Kier alpha value is -3.11. The fraction of sp³-hybridized carbons (Fsp3) is 0.375. The largest absolute Gasteiger partial charge is 2.00 e. The van der Waals surface area contributed by atoms with Gasteiger partial charge in [0.05, 0.1) is 22.8 Å². The standard InChI is InChI=1S/C19H22N2.C13H21NO2.Ni/c1-3-4-15-19(21-18-13-9-6-10-14-18)16(2)20-17-11-7-5-8-12-17;1-4-7-10-8-9-11(13(16)12(10)15)14(5-2)6-3;/h5-14H,3-4,15H2,1-2H3;8-9,15-16H,4-7H2,1-3H3;/q;;+2/p-2. The third-order valence-corrected chi connectivity index (χ3v) is 6.05. The summed E-state index contributed by atoms with van der Waals surface area (Å²) < 4.78 is 0. The van der Waals surface area contributed by atoms with E-state index in [-0.39, 0.29) is 28.0 Å². The molecule has 0 saturated carbocycles. The van der Waals surface area contributed by atoms with Crippen molar-refractivity contribution in [3.05, 3.63) is 78.4 Å². The van der Waals surface area contributed by atoms with Crippen LogP contribution >= 0.6 is 0 Å². The Bertz CT molecular complexity index is 1130. The number of aryl methyl sites for hydroxylation is 1. The first-order valence-electron chi connectivity index (χ1n) is 13.4. The number of nitrogens with zero attached hydrogens (tertiary/aromatic N) is 3. The van der Waals surface area contributed by atoms with Gasteiger partial charge in [-0.2, -0.15) is 0 Å². The molecule has 0 heterocycles. The summed E-state index contributed by atoms with van der Waals surface area (Å²) in [5, 5.41) is 23.6. The molecule has 0 atom stereocenters. The van der Waals surface area contributed by atoms with Crippen LogP contribution in [0.25, 0.3) is 0 Å². The maximum Gasteiger partial charge on any atom is 2.00 e. The molecule has 0 aliphatic heterocycles. The van der Waals surface area contributed by atoms with Crippen LogP contribution in [0.15, 0.2) is 82.8 Å². The Labute approximate surface area is 239 Å². The zero-order valence-corrected chi connectivity index (χ0v) is 24.3. The van der Waals surface area contributed by atoms with Crippen molar-refractivity contribution < 1.29 is 26.7 Å². The first-order chi connectivity index (χ1) is 17.9. The maximum atomic E-state index is 11.9. The second kappa shape index (κ2) is 18.2. The van der Waals surface area contributed by atoms with Gasteiger partial charge in [0.25, 0.3) is 0 Å². The zero-order chi connectivity index (χ0) is 27.0. The molecule has 6 heteroatoms. The van der Waals surface area contributed by atoms with Crippen LogP contribution < -0.4 is 15.1 Å². The predicted octanol–water partition coefficient (Wildman–Crippen LogP) is 7.37. The van der Waals surface area contributed by atoms with Crippen molar-refractivity contribution in [1.82, 2.24) is 0 Å². The third-order valence-electron chi connectivity index (χ3n) is 6.05. The minimum Gasteiger partial charge on any atom is -0.873 e. The molecule has 0 radical (unpaired) electrons. The van der Waals surface area contributed by atoms with Crippen LogP contribution in [-0.4, -0.2) is 24.5 Å². The Morgan fingerprint density at radius 1 is 0.711 bits per heavy atom. The molecule has 5 nitrogen and oxygen atoms in total. The Balaban J connectivity index is 0.000000384. The zero-order valence-electron chi connectivity index (χ0n) is 23.4. The topological polar surface area (TPSA) is 74.1 Å². The van der Waals surface area contributed by atoms with Gasteiger partial charge in [0.15, 0.2) is 0 Å². The summed E-state index contributed by atoms with van der Waals surface area (Å²) >= 11 is 0. The number of rotatable bonds is 11. The molecule has 3 aromatic carbocycles. The Kier molecular flexibility index (Phi) is 15.8. The summed E-state index contributed by atoms with van der Waals surface area (Å²) in [6.07, 6.45) is 4.83. The molecule has 0 fully saturated rings. The van der Waals surface area contributed by atoms with Crippen molar-refractivity contribution in [2.24, 2.45) is 9.98 Å². The van der Waals surface area contributed by atoms with Crippen molar-refractivity contribution in [2.45, 2.75) is 66.7 Å². The van der Waals surface area contributed by atoms with E-state index in [1.54, 1.807) is 12.1 Å². The van der Waals surface area contributed by atoms with E-state index in [2.05, 4.69) is 6.92 Å². The van der Waals surface area contributed by atoms with Gasteiger partial charge < -0.3 is 15.1 Å². The molecular weight excluding hydrogens is 517 g/mol. The number of hydrogen-bond acceptors (Lipinski definition) is 5. The van der Waals surface area contributed by atoms with Crippen LogP contribution in [0.2, 0.25) is 0 Å². The second-order valence-electron chi connectivity index (χ2n) is 8.85. The molecule has 0 spiro atoms. The van der Waals surface area contributed by atoms with Gasteiger partial charge in [-0.15, -0.1) is 5.75 Å². The molecule has 38 heavy (non-hydrogen) atoms. The van der Waals surface area contributed by atoms with Crippen LogP contribution in [0.1, 0.15) is 65.9 Å². The minimum atomic E-state index is -0.352. The number of benzene rings is 3. The van der Waals surface area contributed by atoms with E-state index in [0.717, 1.165) is 61.6 Å². The predicted molar refractivity (Wildman–Crippen MR) is 155 cm³/mol. The van der Waals surface area contributed by atoms with Gasteiger partial charge in [0.2, 0.25) is 0 Å². The van der Waals surface area contributed by atoms with E-state index in [4.69, 9.17) is 9.98 Å². The van der Waals surface area contributed by atoms with Crippen molar-refractivity contribution >= 4 is 28.5 Å². The number of unbranched alkanes of at least 4 members (excludes halogenated alkanes) is 1. The summed E-state index contributed by atoms with van der Waals surface area (Å²) in [6.45, 7) is 11.7. The van der Waals surface area contributed by atoms with E-state index < -0.39 is 0 Å². The first kappa shape index (κ1) is 32.9. The molecule has 0 bridgehead atoms. The molecular formula is C32H41N3NiO2. The molecule has 0 aromatic heterocycles. The van der Waals surface area contributed by atoms with Gasteiger partial charge in [0.1, 0.15) is 0 Å². The van der Waals surface area contributed by atoms with Gasteiger partial charge in [-0.3, -0.25) is 9.98 Å². The second-order valence-corrected chi connectivity index (χ2v) is 8.85. The summed E-state index contributed by atoms with van der Waals surface area (Å²) in [4.78, 5) is 11.4. The van der Waals surface area contributed by atoms with Crippen molar-refractivity contribution in [2.75, 3.05) is 18.0 Å². The van der Waals surface area contributed by atoms with E-state index in [1.807, 2.05) is 93.3 Å². The molecule has 0 amide bonds. The molecule has 206 valence electrons. The molecule has 0 N–H and O–H groups in total. The summed E-state index contributed by atoms with van der Waals surface area (Å²) in [6, 6.07) is 23.7. The number of anilines is 1. The molecule has 0 aliphatic carbocycles. The fourth-order valence-corrected chi connectivity index (χ4v) is 3.95. The Morgan fingerprint density at radius 2 is 1.26 bits per heavy atom. The van der Waals surface area contributed by atoms with Crippen molar-refractivity contribution in [3.63, 3.8) is 0 Å². The minimum absolute atomic E-state index is 0. The molecule has 0 aliphatic rings. The van der Waals surface area contributed by atoms with Crippen molar-refractivity contribution in [1.29, 1.82) is 0 Å². The Morgan fingerprint density at radius 3 is 1.76 bits per heavy atom. The van der Waals surface area contributed by atoms with Crippen LogP contribution in [0.4, 0.5) is 17.1 Å². The van der Waals surface area contributed by atoms with Gasteiger partial charge in [-0.1, -0.05) is 80.5 Å². The van der Waals surface area contributed by atoms with Crippen LogP contribution in [0.5, 0.6) is 11.5 Å². The average Bonchev–Trinajstić information content (AvgIpc) is 2.92. The van der Waals surface area contributed by atoms with E-state index in [9.17, 15) is 10.2 Å². The molecule has 0 saturated heterocycles. The number of aliphatic imine (C=N–C) groups is 2. The summed E-state index contributed by atoms with van der Waals surface area (Å²) in [7, 11) is 0. The molecule has 3 rings (SSSR count). The third kappa shape index (κ3) is 10.3. The van der Waals surface area contributed by atoms with Gasteiger partial charge in [-0.25, -0.2) is 0 Å². The van der Waals surface area contributed by atoms with Crippen LogP contribution in [-0.2, 0) is 22.9 Å². The monoisotopic (exact) mass is 557 g/mol. The van der Waals surface area contributed by atoms with E-state index in [0.29, 0.717) is 17.7 Å². The summed E-state index contributed by atoms with van der Waals surface area (Å²) in [5.74, 6) is -0.680. The van der Waals surface area contributed by atoms with Crippen molar-refractivity contribution in [3.8, 4) is 11.5 Å². The van der Waals surface area contributed by atoms with E-state index >= 15 is 0 Å². The average molecular weight is 558 g/mol. The fourth-order valence-electron chi connectivity index (χ4n) is 3.95. The van der Waals surface area contributed by atoms with Gasteiger partial charge in [-0.05, 0) is 70.4 Å². The maximum absolute atomic E-state index is 11.9. The SMILES string of the molecule is CCCCC(=Nc1ccccc1)C(C)=Nc1ccccc1.CCCc1ccc(N(CC)CC)c([O-])c1[O-].[Ni+2]. The van der Waals surface area contributed by atoms with Gasteiger partial charge in [0, 0.05) is 18.8 Å². The normalized spacial score (nSPS) is 11.3. The number of para-hydroxylation sites is 2. The molecule has 0 unspecified atom stereocenters. The van der Waals surface area contributed by atoms with Crippen LogP contribution in [0.3, 0.4) is 0 Å². The van der Waals surface area contributed by atoms with Gasteiger partial charge >= 0.3 is 16.5 Å². The van der Waals surface area contributed by atoms with E-state index in [1.165, 1.54) is 0 Å². The quantitative estimate of drug-likeness (QED) is 0.182. The van der Waals surface area contributed by atoms with Crippen LogP contribution in [0, 0.1) is 0 Å². The first-order valence-corrected chi connectivity index (χ1v) is 13.4.